The third-order valence-electron chi connectivity index (χ3n) is 3.59. The van der Waals surface area contributed by atoms with E-state index in [-0.39, 0.29) is 13.0 Å². The number of halogens is 1. The van der Waals surface area contributed by atoms with Crippen molar-refractivity contribution in [3.8, 4) is 0 Å². The van der Waals surface area contributed by atoms with E-state index >= 15 is 0 Å². The van der Waals surface area contributed by atoms with Crippen LogP contribution in [0.25, 0.3) is 0 Å². The lowest BCUT2D eigenvalue weighted by molar-refractivity contribution is -0.138. The highest BCUT2D eigenvalue weighted by Gasteiger charge is 2.30. The molecule has 0 aliphatic rings. The van der Waals surface area contributed by atoms with Crippen LogP contribution in [0.2, 0.25) is 5.02 Å². The number of benzene rings is 2. The van der Waals surface area contributed by atoms with Gasteiger partial charge >= 0.3 is 0 Å². The molecule has 0 aliphatic heterocycles. The largest absolute Gasteiger partial charge is 0.387 e. The van der Waals surface area contributed by atoms with Crippen molar-refractivity contribution in [3.63, 3.8) is 0 Å². The zero-order valence-corrected chi connectivity index (χ0v) is 13.6. The number of aliphatic hydroxyl groups excluding tert-OH is 1. The number of nitrogens with one attached hydrogen (secondary N) is 1. The summed E-state index contributed by atoms with van der Waals surface area (Å²) < 4.78 is 0. The Labute approximate surface area is 140 Å². The average molecular weight is 334 g/mol. The fourth-order valence-electron chi connectivity index (χ4n) is 2.26. The topological polar surface area (TPSA) is 69.6 Å². The zero-order chi connectivity index (χ0) is 16.9. The second kappa shape index (κ2) is 7.59. The van der Waals surface area contributed by atoms with Crippen LogP contribution in [0, 0.1) is 0 Å². The highest BCUT2D eigenvalue weighted by molar-refractivity contribution is 6.30. The maximum Gasteiger partial charge on any atom is 0.252 e. The Bertz CT molecular complexity index is 641. The first-order valence-corrected chi connectivity index (χ1v) is 7.74. The van der Waals surface area contributed by atoms with Gasteiger partial charge in [-0.3, -0.25) is 4.79 Å². The van der Waals surface area contributed by atoms with Gasteiger partial charge in [-0.25, -0.2) is 0 Å². The molecule has 2 atom stereocenters. The van der Waals surface area contributed by atoms with E-state index in [2.05, 4.69) is 5.32 Å². The van der Waals surface area contributed by atoms with Gasteiger partial charge in [0.15, 0.2) is 0 Å². The van der Waals surface area contributed by atoms with E-state index in [0.717, 1.165) is 5.56 Å². The van der Waals surface area contributed by atoms with Gasteiger partial charge in [0.1, 0.15) is 5.60 Å². The van der Waals surface area contributed by atoms with Crippen molar-refractivity contribution >= 4 is 17.5 Å². The third-order valence-corrected chi connectivity index (χ3v) is 3.84. The van der Waals surface area contributed by atoms with Gasteiger partial charge in [-0.1, -0.05) is 54.1 Å². The summed E-state index contributed by atoms with van der Waals surface area (Å²) in [7, 11) is 0. The van der Waals surface area contributed by atoms with Crippen LogP contribution in [0.5, 0.6) is 0 Å². The van der Waals surface area contributed by atoms with Crippen LogP contribution in [-0.2, 0) is 11.2 Å². The van der Waals surface area contributed by atoms with Crippen molar-refractivity contribution in [1.29, 1.82) is 0 Å². The van der Waals surface area contributed by atoms with Crippen molar-refractivity contribution in [2.75, 3.05) is 6.54 Å². The monoisotopic (exact) mass is 333 g/mol. The number of carbonyl (C=O) groups excluding carboxylic acids is 1. The van der Waals surface area contributed by atoms with Crippen molar-refractivity contribution < 1.29 is 15.0 Å². The molecule has 122 valence electrons. The van der Waals surface area contributed by atoms with Crippen LogP contribution in [0.1, 0.15) is 24.2 Å². The van der Waals surface area contributed by atoms with E-state index in [9.17, 15) is 15.0 Å². The van der Waals surface area contributed by atoms with Crippen LogP contribution in [0.15, 0.2) is 54.6 Å². The molecule has 0 radical (unpaired) electrons. The van der Waals surface area contributed by atoms with Crippen LogP contribution in [0.3, 0.4) is 0 Å². The van der Waals surface area contributed by atoms with E-state index in [1.807, 2.05) is 30.3 Å². The third kappa shape index (κ3) is 5.06. The molecule has 23 heavy (non-hydrogen) atoms. The first kappa shape index (κ1) is 17.5. The predicted octanol–water partition coefficient (Wildman–Crippen LogP) is 2.48. The van der Waals surface area contributed by atoms with Gasteiger partial charge in [-0.05, 0) is 30.2 Å². The van der Waals surface area contributed by atoms with Crippen molar-refractivity contribution in [2.45, 2.75) is 25.0 Å². The van der Waals surface area contributed by atoms with E-state index in [0.29, 0.717) is 10.6 Å². The molecule has 3 N–H and O–H groups in total. The van der Waals surface area contributed by atoms with Crippen LogP contribution in [-0.4, -0.2) is 28.3 Å². The SMILES string of the molecule is C[C@](O)(Cc1ccccc1)C(=O)NC[C@@H](O)c1ccc(Cl)cc1. The summed E-state index contributed by atoms with van der Waals surface area (Å²) >= 11 is 5.80. The quantitative estimate of drug-likeness (QED) is 0.760. The second-order valence-electron chi connectivity index (χ2n) is 5.71. The Morgan fingerprint density at radius 1 is 1.17 bits per heavy atom. The zero-order valence-electron chi connectivity index (χ0n) is 12.9. The molecule has 0 saturated heterocycles. The number of amides is 1. The van der Waals surface area contributed by atoms with Crippen LogP contribution < -0.4 is 5.32 Å². The van der Waals surface area contributed by atoms with Gasteiger partial charge in [-0.15, -0.1) is 0 Å². The van der Waals surface area contributed by atoms with Crippen LogP contribution >= 0.6 is 11.6 Å². The molecule has 0 aromatic heterocycles. The minimum atomic E-state index is -1.54. The summed E-state index contributed by atoms with van der Waals surface area (Å²) in [5, 5.41) is 23.6. The van der Waals surface area contributed by atoms with Crippen molar-refractivity contribution in [2.24, 2.45) is 0 Å². The summed E-state index contributed by atoms with van der Waals surface area (Å²) in [6.45, 7) is 1.48. The summed E-state index contributed by atoms with van der Waals surface area (Å²) in [6, 6.07) is 16.0. The Morgan fingerprint density at radius 3 is 2.39 bits per heavy atom. The Kier molecular flexibility index (Phi) is 5.77. The molecule has 0 unspecified atom stereocenters. The normalized spacial score (nSPS) is 14.8. The fraction of sp³-hybridized carbons (Fsp3) is 0.278. The van der Waals surface area contributed by atoms with E-state index < -0.39 is 17.6 Å². The summed E-state index contributed by atoms with van der Waals surface area (Å²) in [5.41, 5.74) is -0.0237. The number of rotatable bonds is 6. The van der Waals surface area contributed by atoms with Gasteiger partial charge in [-0.2, -0.15) is 0 Å². The number of hydrogen-bond acceptors (Lipinski definition) is 3. The molecule has 1 amide bonds. The number of carbonyl (C=O) groups is 1. The molecule has 4 nitrogen and oxygen atoms in total. The highest BCUT2D eigenvalue weighted by Crippen LogP contribution is 2.17. The molecular weight excluding hydrogens is 314 g/mol. The first-order chi connectivity index (χ1) is 10.9. The predicted molar refractivity (Wildman–Crippen MR) is 90.2 cm³/mol. The molecular formula is C18H20ClNO3. The number of hydrogen-bond donors (Lipinski definition) is 3. The molecule has 0 spiro atoms. The smallest absolute Gasteiger partial charge is 0.252 e. The Balaban J connectivity index is 1.91. The van der Waals surface area contributed by atoms with E-state index in [1.54, 1.807) is 24.3 Å². The molecule has 0 heterocycles. The lowest BCUT2D eigenvalue weighted by Crippen LogP contribution is -2.47. The Morgan fingerprint density at radius 2 is 1.78 bits per heavy atom. The lowest BCUT2D eigenvalue weighted by atomic mass is 9.95. The standard InChI is InChI=1S/C18H20ClNO3/c1-18(23,11-13-5-3-2-4-6-13)17(22)20-12-16(21)14-7-9-15(19)10-8-14/h2-10,16,21,23H,11-12H2,1H3,(H,20,22)/t16-,18+/m1/s1. The molecule has 0 aliphatic carbocycles. The average Bonchev–Trinajstić information content (AvgIpc) is 2.53. The van der Waals surface area contributed by atoms with Crippen LogP contribution in [0.4, 0.5) is 0 Å². The Hall–Kier alpha value is -1.88. The van der Waals surface area contributed by atoms with Gasteiger partial charge in [0, 0.05) is 18.0 Å². The maximum absolute atomic E-state index is 12.2. The van der Waals surface area contributed by atoms with E-state index in [1.165, 1.54) is 6.92 Å². The molecule has 2 aromatic carbocycles. The molecule has 0 bridgehead atoms. The second-order valence-corrected chi connectivity index (χ2v) is 6.15. The van der Waals surface area contributed by atoms with Crippen molar-refractivity contribution in [3.05, 3.63) is 70.7 Å². The summed E-state index contributed by atoms with van der Waals surface area (Å²) in [4.78, 5) is 12.2. The van der Waals surface area contributed by atoms with Gasteiger partial charge < -0.3 is 15.5 Å². The summed E-state index contributed by atoms with van der Waals surface area (Å²) in [6.07, 6.45) is -0.653. The maximum atomic E-state index is 12.2. The van der Waals surface area contributed by atoms with Gasteiger partial charge in [0.2, 0.25) is 0 Å². The van der Waals surface area contributed by atoms with Gasteiger partial charge in [0.25, 0.3) is 5.91 Å². The molecule has 0 fully saturated rings. The van der Waals surface area contributed by atoms with E-state index in [4.69, 9.17) is 11.6 Å². The summed E-state index contributed by atoms with van der Waals surface area (Å²) in [5.74, 6) is -0.519. The minimum absolute atomic E-state index is 0.0193. The number of aliphatic hydroxyl groups is 2. The molecule has 0 saturated carbocycles. The van der Waals surface area contributed by atoms with Gasteiger partial charge in [0.05, 0.1) is 6.10 Å². The minimum Gasteiger partial charge on any atom is -0.387 e. The molecule has 2 rings (SSSR count). The highest BCUT2D eigenvalue weighted by atomic mass is 35.5. The fourth-order valence-corrected chi connectivity index (χ4v) is 2.38. The molecule has 5 heteroatoms. The molecule has 2 aromatic rings. The first-order valence-electron chi connectivity index (χ1n) is 7.36. The lowest BCUT2D eigenvalue weighted by Gasteiger charge is -2.23. The van der Waals surface area contributed by atoms with Crippen molar-refractivity contribution in [1.82, 2.24) is 5.32 Å².